The van der Waals surface area contributed by atoms with Crippen LogP contribution in [-0.4, -0.2) is 58.8 Å². The fourth-order valence-corrected chi connectivity index (χ4v) is 5.24. The van der Waals surface area contributed by atoms with E-state index in [-0.39, 0.29) is 13.2 Å². The maximum Gasteiger partial charge on any atom is 0.398 e. The molecule has 1 aliphatic heterocycles. The first-order valence-corrected chi connectivity index (χ1v) is 9.60. The normalized spacial score (nSPS) is 21.3. The number of carbonyl (C=O) groups excluding carboxylic acids is 2. The van der Waals surface area contributed by atoms with E-state index in [9.17, 15) is 13.8 Å². The Kier molecular flexibility index (Phi) is 6.04. The van der Waals surface area contributed by atoms with Crippen molar-refractivity contribution in [2.45, 2.75) is 25.7 Å². The van der Waals surface area contributed by atoms with Gasteiger partial charge in [-0.25, -0.2) is 18.7 Å². The van der Waals surface area contributed by atoms with E-state index in [0.717, 1.165) is 11.1 Å². The monoisotopic (exact) mass is 381 g/mol. The van der Waals surface area contributed by atoms with Gasteiger partial charge >= 0.3 is 11.9 Å². The van der Waals surface area contributed by atoms with Crippen molar-refractivity contribution in [3.05, 3.63) is 23.3 Å². The maximum atomic E-state index is 13.6. The van der Waals surface area contributed by atoms with Crippen molar-refractivity contribution in [3.8, 4) is 5.75 Å². The van der Waals surface area contributed by atoms with Gasteiger partial charge in [-0.05, 0) is 51.1 Å². The summed E-state index contributed by atoms with van der Waals surface area (Å²) < 4.78 is 25.1. The number of hydrazone groups is 1. The second kappa shape index (κ2) is 7.88. The highest BCUT2D eigenvalue weighted by Gasteiger charge is 2.29. The van der Waals surface area contributed by atoms with Crippen LogP contribution in [-0.2, 0) is 24.0 Å². The van der Waals surface area contributed by atoms with Crippen LogP contribution in [0.1, 0.15) is 18.1 Å². The van der Waals surface area contributed by atoms with Gasteiger partial charge in [0.15, 0.2) is 0 Å². The molecule has 1 unspecified atom stereocenters. The van der Waals surface area contributed by atoms with Crippen molar-refractivity contribution in [2.75, 3.05) is 27.3 Å². The van der Waals surface area contributed by atoms with E-state index in [2.05, 4.69) is 15.3 Å². The standard InChI is InChI=1S/C17H23N3O5S/c1-6-25-17(22)16(21)19-18-13-9-20(4)26(23,10-13)15-11(2)7-14(24-5)8-12(15)3/h7-8,10H,6,9H2,1-5H3,(H,19,21)/b18-13+. The molecule has 0 aliphatic carbocycles. The van der Waals surface area contributed by atoms with Gasteiger partial charge in [0, 0.05) is 5.37 Å². The summed E-state index contributed by atoms with van der Waals surface area (Å²) in [7, 11) is 0.631. The lowest BCUT2D eigenvalue weighted by molar-refractivity contribution is -0.154. The number of hydrogen-bond donors (Lipinski definition) is 1. The van der Waals surface area contributed by atoms with E-state index in [4.69, 9.17) is 4.74 Å². The van der Waals surface area contributed by atoms with E-state index in [1.807, 2.05) is 26.0 Å². The smallest absolute Gasteiger partial charge is 0.398 e. The van der Waals surface area contributed by atoms with Crippen molar-refractivity contribution in [3.63, 3.8) is 0 Å². The van der Waals surface area contributed by atoms with E-state index >= 15 is 0 Å². The van der Waals surface area contributed by atoms with Gasteiger partial charge in [0.2, 0.25) is 0 Å². The number of carbonyl (C=O) groups is 2. The summed E-state index contributed by atoms with van der Waals surface area (Å²) in [6, 6.07) is 3.66. The third-order valence-electron chi connectivity index (χ3n) is 3.87. The summed E-state index contributed by atoms with van der Waals surface area (Å²) in [5.41, 5.74) is 4.22. The average Bonchev–Trinajstić information content (AvgIpc) is 2.86. The molecule has 0 spiro atoms. The second-order valence-corrected chi connectivity index (χ2v) is 8.23. The molecule has 2 rings (SSSR count). The number of esters is 1. The van der Waals surface area contributed by atoms with Crippen LogP contribution in [0.2, 0.25) is 0 Å². The predicted octanol–water partition coefficient (Wildman–Crippen LogP) is 0.653. The van der Waals surface area contributed by atoms with Gasteiger partial charge in [-0.1, -0.05) is 0 Å². The molecule has 0 saturated heterocycles. The Morgan fingerprint density at radius 1 is 1.31 bits per heavy atom. The summed E-state index contributed by atoms with van der Waals surface area (Å²) in [6.45, 7) is 5.72. The zero-order valence-electron chi connectivity index (χ0n) is 15.5. The highest BCUT2D eigenvalue weighted by Crippen LogP contribution is 2.29. The van der Waals surface area contributed by atoms with Gasteiger partial charge in [0.05, 0.1) is 40.6 Å². The Labute approximate surface area is 153 Å². The largest absolute Gasteiger partial charge is 0.497 e. The number of amides is 1. The molecule has 9 heteroatoms. The van der Waals surface area contributed by atoms with Crippen LogP contribution < -0.4 is 10.2 Å². The second-order valence-electron chi connectivity index (χ2n) is 5.83. The summed E-state index contributed by atoms with van der Waals surface area (Å²) >= 11 is 0. The summed E-state index contributed by atoms with van der Waals surface area (Å²) in [6.07, 6.45) is 0. The van der Waals surface area contributed by atoms with E-state index < -0.39 is 21.6 Å². The van der Waals surface area contributed by atoms with Gasteiger partial charge in [0.1, 0.15) is 5.75 Å². The summed E-state index contributed by atoms with van der Waals surface area (Å²) in [4.78, 5) is 23.6. The zero-order valence-corrected chi connectivity index (χ0v) is 16.3. The van der Waals surface area contributed by atoms with E-state index in [0.29, 0.717) is 16.4 Å². The summed E-state index contributed by atoms with van der Waals surface area (Å²) in [5.74, 6) is -1.28. The van der Waals surface area contributed by atoms with Crippen molar-refractivity contribution in [2.24, 2.45) is 5.10 Å². The van der Waals surface area contributed by atoms with Crippen LogP contribution >= 0.6 is 0 Å². The lowest BCUT2D eigenvalue weighted by Gasteiger charge is -2.21. The molecule has 1 aromatic carbocycles. The zero-order chi connectivity index (χ0) is 19.5. The topological polar surface area (TPSA) is 97.3 Å². The Morgan fingerprint density at radius 3 is 2.46 bits per heavy atom. The number of methoxy groups -OCH3 is 1. The molecule has 0 fully saturated rings. The van der Waals surface area contributed by atoms with Crippen LogP contribution in [0.3, 0.4) is 0 Å². The molecule has 142 valence electrons. The van der Waals surface area contributed by atoms with Crippen molar-refractivity contribution in [1.82, 2.24) is 9.73 Å². The first-order valence-electron chi connectivity index (χ1n) is 8.02. The van der Waals surface area contributed by atoms with Gasteiger partial charge in [0.25, 0.3) is 0 Å². The first kappa shape index (κ1) is 19.9. The lowest BCUT2D eigenvalue weighted by Crippen LogP contribution is -2.30. The molecule has 0 bridgehead atoms. The molecule has 1 aromatic rings. The number of nitrogens with one attached hydrogen (secondary N) is 1. The quantitative estimate of drug-likeness (QED) is 0.358. The van der Waals surface area contributed by atoms with Crippen molar-refractivity contribution < 1.29 is 23.3 Å². The highest BCUT2D eigenvalue weighted by molar-refractivity contribution is 8.01. The number of aryl methyl sites for hydroxylation is 2. The molecule has 0 radical (unpaired) electrons. The van der Waals surface area contributed by atoms with Crippen molar-refractivity contribution in [1.29, 1.82) is 0 Å². The molecular formula is C17H23N3O5S. The van der Waals surface area contributed by atoms with Gasteiger partial charge in [-0.3, -0.25) is 4.79 Å². The Balaban J connectivity index is 2.36. The lowest BCUT2D eigenvalue weighted by atomic mass is 10.1. The van der Waals surface area contributed by atoms with Gasteiger partial charge in [-0.15, -0.1) is 0 Å². The minimum atomic E-state index is -2.67. The molecule has 1 heterocycles. The van der Waals surface area contributed by atoms with Gasteiger partial charge in [-0.2, -0.15) is 5.10 Å². The number of nitrogens with zero attached hydrogens (tertiary/aromatic N) is 2. The van der Waals surface area contributed by atoms with E-state index in [1.165, 1.54) is 5.37 Å². The maximum absolute atomic E-state index is 13.6. The van der Waals surface area contributed by atoms with Crippen LogP contribution in [0.25, 0.3) is 0 Å². The van der Waals surface area contributed by atoms with Crippen LogP contribution in [0.4, 0.5) is 0 Å². The number of hydrogen-bond acceptors (Lipinski definition) is 6. The molecule has 1 N–H and O–H groups in total. The Morgan fingerprint density at radius 2 is 1.92 bits per heavy atom. The van der Waals surface area contributed by atoms with Crippen LogP contribution in [0.5, 0.6) is 5.75 Å². The average molecular weight is 381 g/mol. The Hall–Kier alpha value is -2.39. The number of ether oxygens (including phenoxy) is 2. The van der Waals surface area contributed by atoms with Crippen molar-refractivity contribution >= 4 is 32.7 Å². The predicted molar refractivity (Wildman–Crippen MR) is 99.8 cm³/mol. The third kappa shape index (κ3) is 3.88. The fraction of sp³-hybridized carbons (Fsp3) is 0.412. The first-order chi connectivity index (χ1) is 12.2. The molecule has 0 aromatic heterocycles. The van der Waals surface area contributed by atoms with Crippen LogP contribution in [0.15, 0.2) is 22.1 Å². The SMILES string of the molecule is CCOC(=O)C(=O)N/N=C1/C=S(=O)(c2c(C)cc(OC)cc2C)N(C)C1. The molecule has 8 nitrogen and oxygen atoms in total. The summed E-state index contributed by atoms with van der Waals surface area (Å²) in [5, 5.41) is 5.43. The Bertz CT molecular complexity index is 861. The highest BCUT2D eigenvalue weighted by atomic mass is 32.2. The molecular weight excluding hydrogens is 358 g/mol. The fourth-order valence-electron chi connectivity index (χ4n) is 2.77. The van der Waals surface area contributed by atoms with Gasteiger partial charge < -0.3 is 9.47 Å². The number of rotatable bonds is 4. The van der Waals surface area contributed by atoms with Crippen LogP contribution in [0, 0.1) is 13.8 Å². The molecule has 1 aliphatic rings. The molecule has 26 heavy (non-hydrogen) atoms. The third-order valence-corrected chi connectivity index (χ3v) is 6.74. The van der Waals surface area contributed by atoms with E-state index in [1.54, 1.807) is 25.4 Å². The molecule has 1 atom stereocenters. The minimum absolute atomic E-state index is 0.0987. The number of benzene rings is 1. The molecule has 1 amide bonds. The minimum Gasteiger partial charge on any atom is -0.497 e. The molecule has 0 saturated carbocycles.